The highest BCUT2D eigenvalue weighted by molar-refractivity contribution is 4.54. The first-order chi connectivity index (χ1) is 5.16. The number of hydrogen-bond acceptors (Lipinski definition) is 1. The molecular weight excluding hydrogens is 136 g/mol. The predicted octanol–water partition coefficient (Wildman–Crippen LogP) is 3.05. The lowest BCUT2D eigenvalue weighted by Crippen LogP contribution is -2.11. The summed E-state index contributed by atoms with van der Waals surface area (Å²) < 4.78 is 5.55. The molecule has 1 radical (unpaired) electrons. The lowest BCUT2D eigenvalue weighted by atomic mass is 10.1. The van der Waals surface area contributed by atoms with Gasteiger partial charge in [-0.25, -0.2) is 0 Å². The highest BCUT2D eigenvalue weighted by atomic mass is 16.5. The van der Waals surface area contributed by atoms with Gasteiger partial charge in [0.05, 0.1) is 6.10 Å². The third kappa shape index (κ3) is 7.86. The summed E-state index contributed by atoms with van der Waals surface area (Å²) in [5, 5.41) is 0. The topological polar surface area (TPSA) is 9.23 Å². The van der Waals surface area contributed by atoms with Gasteiger partial charge in [0.1, 0.15) is 0 Å². The van der Waals surface area contributed by atoms with Crippen molar-refractivity contribution in [2.45, 2.75) is 46.1 Å². The Morgan fingerprint density at radius 1 is 1.27 bits per heavy atom. The summed E-state index contributed by atoms with van der Waals surface area (Å²) >= 11 is 0. The van der Waals surface area contributed by atoms with E-state index in [9.17, 15) is 0 Å². The van der Waals surface area contributed by atoms with E-state index < -0.39 is 0 Å². The molecule has 0 rings (SSSR count). The first kappa shape index (κ1) is 11.0. The van der Waals surface area contributed by atoms with Crippen LogP contribution in [0.15, 0.2) is 0 Å². The molecule has 0 amide bonds. The molecule has 0 heterocycles. The van der Waals surface area contributed by atoms with E-state index in [0.29, 0.717) is 6.10 Å². The van der Waals surface area contributed by atoms with E-state index in [4.69, 9.17) is 4.74 Å². The van der Waals surface area contributed by atoms with Crippen molar-refractivity contribution >= 4 is 0 Å². The van der Waals surface area contributed by atoms with Gasteiger partial charge in [0, 0.05) is 6.61 Å². The fraction of sp³-hybridized carbons (Fsp3) is 0.900. The summed E-state index contributed by atoms with van der Waals surface area (Å²) in [5.41, 5.74) is 0. The minimum absolute atomic E-state index is 0.418. The Balaban J connectivity index is 3.15. The van der Waals surface area contributed by atoms with Crippen molar-refractivity contribution in [1.29, 1.82) is 0 Å². The van der Waals surface area contributed by atoms with E-state index in [-0.39, 0.29) is 0 Å². The van der Waals surface area contributed by atoms with Crippen LogP contribution in [0.2, 0.25) is 0 Å². The van der Waals surface area contributed by atoms with Crippen molar-refractivity contribution in [3.05, 3.63) is 6.92 Å². The largest absolute Gasteiger partial charge is 0.379 e. The van der Waals surface area contributed by atoms with Crippen molar-refractivity contribution in [1.82, 2.24) is 0 Å². The maximum absolute atomic E-state index is 5.55. The van der Waals surface area contributed by atoms with Gasteiger partial charge in [-0.2, -0.15) is 0 Å². The van der Waals surface area contributed by atoms with Gasteiger partial charge in [0.2, 0.25) is 0 Å². The average Bonchev–Trinajstić information content (AvgIpc) is 1.86. The van der Waals surface area contributed by atoms with E-state index in [1.807, 2.05) is 0 Å². The smallest absolute Gasteiger partial charge is 0.0549 e. The van der Waals surface area contributed by atoms with E-state index in [0.717, 1.165) is 31.8 Å². The van der Waals surface area contributed by atoms with Gasteiger partial charge in [-0.3, -0.25) is 0 Å². The highest BCUT2D eigenvalue weighted by Gasteiger charge is 2.03. The van der Waals surface area contributed by atoms with Crippen LogP contribution in [-0.2, 0) is 4.74 Å². The summed E-state index contributed by atoms with van der Waals surface area (Å²) in [5.74, 6) is 0.741. The fourth-order valence-corrected chi connectivity index (χ4v) is 1.12. The molecular formula is C10H21O. The Kier molecular flexibility index (Phi) is 6.63. The van der Waals surface area contributed by atoms with Crippen LogP contribution < -0.4 is 0 Å². The van der Waals surface area contributed by atoms with Crippen molar-refractivity contribution < 1.29 is 4.74 Å². The standard InChI is InChI=1S/C10H21O/c1-5-6-7-11-10(4)8-9(2)3/h9-10H,1,5-8H2,2-4H3. The molecule has 0 fully saturated rings. The number of rotatable bonds is 6. The lowest BCUT2D eigenvalue weighted by Gasteiger charge is -2.14. The predicted molar refractivity (Wildman–Crippen MR) is 49.5 cm³/mol. The third-order valence-corrected chi connectivity index (χ3v) is 1.60. The third-order valence-electron chi connectivity index (χ3n) is 1.60. The van der Waals surface area contributed by atoms with Crippen molar-refractivity contribution in [3.8, 4) is 0 Å². The van der Waals surface area contributed by atoms with Crippen LogP contribution in [0.25, 0.3) is 0 Å². The molecule has 0 saturated carbocycles. The zero-order valence-electron chi connectivity index (χ0n) is 8.10. The fourth-order valence-electron chi connectivity index (χ4n) is 1.12. The van der Waals surface area contributed by atoms with E-state index in [1.165, 1.54) is 0 Å². The molecule has 0 aliphatic heterocycles. The molecule has 11 heavy (non-hydrogen) atoms. The molecule has 0 spiro atoms. The van der Waals surface area contributed by atoms with Crippen molar-refractivity contribution in [2.75, 3.05) is 6.61 Å². The monoisotopic (exact) mass is 157 g/mol. The second kappa shape index (κ2) is 6.66. The molecule has 0 N–H and O–H groups in total. The minimum Gasteiger partial charge on any atom is -0.379 e. The molecule has 0 aromatic rings. The maximum Gasteiger partial charge on any atom is 0.0549 e. The lowest BCUT2D eigenvalue weighted by molar-refractivity contribution is 0.0508. The zero-order valence-corrected chi connectivity index (χ0v) is 8.10. The Hall–Kier alpha value is -0.0400. The van der Waals surface area contributed by atoms with Crippen LogP contribution in [0, 0.1) is 12.8 Å². The Labute approximate surface area is 71.1 Å². The molecule has 0 aliphatic carbocycles. The van der Waals surface area contributed by atoms with Crippen LogP contribution in [-0.4, -0.2) is 12.7 Å². The molecule has 0 aromatic carbocycles. The molecule has 1 atom stereocenters. The van der Waals surface area contributed by atoms with Crippen LogP contribution in [0.3, 0.4) is 0 Å². The van der Waals surface area contributed by atoms with Gasteiger partial charge in [0.15, 0.2) is 0 Å². The molecule has 0 aliphatic rings. The van der Waals surface area contributed by atoms with Crippen LogP contribution in [0.1, 0.15) is 40.0 Å². The van der Waals surface area contributed by atoms with Gasteiger partial charge in [-0.15, -0.1) is 0 Å². The Bertz CT molecular complexity index is 78.9. The van der Waals surface area contributed by atoms with Crippen molar-refractivity contribution in [2.24, 2.45) is 5.92 Å². The van der Waals surface area contributed by atoms with Gasteiger partial charge in [-0.1, -0.05) is 27.2 Å². The molecule has 0 bridgehead atoms. The van der Waals surface area contributed by atoms with Crippen molar-refractivity contribution in [3.63, 3.8) is 0 Å². The minimum atomic E-state index is 0.418. The molecule has 0 saturated heterocycles. The molecule has 0 aromatic heterocycles. The van der Waals surface area contributed by atoms with Gasteiger partial charge in [0.25, 0.3) is 0 Å². The maximum atomic E-state index is 5.55. The first-order valence-corrected chi connectivity index (χ1v) is 4.57. The quantitative estimate of drug-likeness (QED) is 0.538. The summed E-state index contributed by atoms with van der Waals surface area (Å²) in [6.07, 6.45) is 3.65. The zero-order chi connectivity index (χ0) is 8.69. The summed E-state index contributed by atoms with van der Waals surface area (Å²) in [6, 6.07) is 0. The van der Waals surface area contributed by atoms with E-state index >= 15 is 0 Å². The number of unbranched alkanes of at least 4 members (excludes halogenated alkanes) is 1. The molecule has 1 nitrogen and oxygen atoms in total. The van der Waals surface area contributed by atoms with Crippen LogP contribution in [0.4, 0.5) is 0 Å². The molecule has 1 unspecified atom stereocenters. The van der Waals surface area contributed by atoms with E-state index in [2.05, 4.69) is 27.7 Å². The normalized spacial score (nSPS) is 13.9. The van der Waals surface area contributed by atoms with Crippen LogP contribution >= 0.6 is 0 Å². The summed E-state index contributed by atoms with van der Waals surface area (Å²) in [7, 11) is 0. The average molecular weight is 157 g/mol. The Morgan fingerprint density at radius 2 is 1.91 bits per heavy atom. The van der Waals surface area contributed by atoms with Gasteiger partial charge >= 0.3 is 0 Å². The second-order valence-electron chi connectivity index (χ2n) is 3.52. The van der Waals surface area contributed by atoms with Gasteiger partial charge in [-0.05, 0) is 25.7 Å². The number of hydrogen-bond donors (Lipinski definition) is 0. The molecule has 1 heteroatoms. The van der Waals surface area contributed by atoms with E-state index in [1.54, 1.807) is 0 Å². The SMILES string of the molecule is [CH2]CCCOC(C)CC(C)C. The summed E-state index contributed by atoms with van der Waals surface area (Å²) in [4.78, 5) is 0. The second-order valence-corrected chi connectivity index (χ2v) is 3.52. The first-order valence-electron chi connectivity index (χ1n) is 4.57. The van der Waals surface area contributed by atoms with Crippen LogP contribution in [0.5, 0.6) is 0 Å². The summed E-state index contributed by atoms with van der Waals surface area (Å²) in [6.45, 7) is 11.2. The highest BCUT2D eigenvalue weighted by Crippen LogP contribution is 2.07. The Morgan fingerprint density at radius 3 is 2.36 bits per heavy atom. The molecule has 67 valence electrons. The van der Waals surface area contributed by atoms with Gasteiger partial charge < -0.3 is 4.74 Å². The number of ether oxygens (including phenoxy) is 1.